The van der Waals surface area contributed by atoms with Crippen LogP contribution in [0.2, 0.25) is 0 Å². The summed E-state index contributed by atoms with van der Waals surface area (Å²) in [7, 11) is 0. The summed E-state index contributed by atoms with van der Waals surface area (Å²) in [4.78, 5) is 14.4. The van der Waals surface area contributed by atoms with E-state index in [1.54, 1.807) is 0 Å². The van der Waals surface area contributed by atoms with Crippen LogP contribution in [0.1, 0.15) is 46.1 Å². The van der Waals surface area contributed by atoms with E-state index >= 15 is 0 Å². The van der Waals surface area contributed by atoms with Gasteiger partial charge in [0, 0.05) is 19.1 Å². The number of para-hydroxylation sites is 1. The molecule has 1 atom stereocenters. The van der Waals surface area contributed by atoms with Gasteiger partial charge in [0.15, 0.2) is 6.10 Å². The summed E-state index contributed by atoms with van der Waals surface area (Å²) in [5, 5.41) is 0. The molecule has 2 N–H and O–H groups in total. The summed E-state index contributed by atoms with van der Waals surface area (Å²) in [6, 6.07) is 8.18. The number of amides is 1. The van der Waals surface area contributed by atoms with Crippen molar-refractivity contribution in [1.82, 2.24) is 4.90 Å². The third kappa shape index (κ3) is 4.01. The maximum atomic E-state index is 12.5. The summed E-state index contributed by atoms with van der Waals surface area (Å²) in [5.41, 5.74) is 7.00. The van der Waals surface area contributed by atoms with Crippen molar-refractivity contribution >= 4 is 5.91 Å². The average molecular weight is 304 g/mol. The monoisotopic (exact) mass is 304 g/mol. The van der Waals surface area contributed by atoms with Crippen molar-refractivity contribution in [3.63, 3.8) is 0 Å². The van der Waals surface area contributed by atoms with E-state index in [0.717, 1.165) is 37.2 Å². The zero-order valence-electron chi connectivity index (χ0n) is 14.1. The lowest BCUT2D eigenvalue weighted by atomic mass is 9.86. The van der Waals surface area contributed by atoms with E-state index in [-0.39, 0.29) is 17.4 Å². The molecule has 0 spiro atoms. The SMILES string of the molecule is CC(Oc1ccccc1C(C)(C)C)C(=O)N1CCC(N)CC1. The van der Waals surface area contributed by atoms with Crippen molar-refractivity contribution in [2.24, 2.45) is 5.73 Å². The Morgan fingerprint density at radius 2 is 1.86 bits per heavy atom. The van der Waals surface area contributed by atoms with E-state index < -0.39 is 6.10 Å². The zero-order valence-corrected chi connectivity index (χ0v) is 14.1. The van der Waals surface area contributed by atoms with Gasteiger partial charge in [0.1, 0.15) is 5.75 Å². The van der Waals surface area contributed by atoms with Crippen molar-refractivity contribution < 1.29 is 9.53 Å². The molecule has 1 amide bonds. The first-order valence-corrected chi connectivity index (χ1v) is 8.09. The third-order valence-electron chi connectivity index (χ3n) is 4.20. The molecule has 1 aliphatic rings. The molecule has 0 bridgehead atoms. The molecule has 1 saturated heterocycles. The molecule has 1 heterocycles. The largest absolute Gasteiger partial charge is 0.481 e. The number of rotatable bonds is 3. The average Bonchev–Trinajstić information content (AvgIpc) is 2.46. The Bertz CT molecular complexity index is 514. The number of carbonyl (C=O) groups excluding carboxylic acids is 1. The lowest BCUT2D eigenvalue weighted by molar-refractivity contribution is -0.139. The van der Waals surface area contributed by atoms with Gasteiger partial charge in [-0.1, -0.05) is 39.0 Å². The third-order valence-corrected chi connectivity index (χ3v) is 4.20. The van der Waals surface area contributed by atoms with E-state index in [1.165, 1.54) is 0 Å². The highest BCUT2D eigenvalue weighted by molar-refractivity contribution is 5.81. The topological polar surface area (TPSA) is 55.6 Å². The Balaban J connectivity index is 2.06. The second kappa shape index (κ2) is 6.69. The van der Waals surface area contributed by atoms with Crippen LogP contribution in [-0.4, -0.2) is 36.0 Å². The summed E-state index contributed by atoms with van der Waals surface area (Å²) < 4.78 is 5.99. The Morgan fingerprint density at radius 3 is 2.45 bits per heavy atom. The van der Waals surface area contributed by atoms with Gasteiger partial charge in [-0.15, -0.1) is 0 Å². The summed E-state index contributed by atoms with van der Waals surface area (Å²) >= 11 is 0. The van der Waals surface area contributed by atoms with Crippen LogP contribution in [0.15, 0.2) is 24.3 Å². The molecule has 2 rings (SSSR count). The number of hydrogen-bond acceptors (Lipinski definition) is 3. The highest BCUT2D eigenvalue weighted by Crippen LogP contribution is 2.31. The van der Waals surface area contributed by atoms with E-state index in [1.807, 2.05) is 30.0 Å². The van der Waals surface area contributed by atoms with Crippen LogP contribution in [0.5, 0.6) is 5.75 Å². The number of nitrogens with two attached hydrogens (primary N) is 1. The molecular formula is C18H28N2O2. The molecular weight excluding hydrogens is 276 g/mol. The van der Waals surface area contributed by atoms with E-state index in [4.69, 9.17) is 10.5 Å². The predicted molar refractivity (Wildman–Crippen MR) is 89.0 cm³/mol. The molecule has 1 fully saturated rings. The Kier molecular flexibility index (Phi) is 5.12. The fourth-order valence-corrected chi connectivity index (χ4v) is 2.81. The molecule has 122 valence electrons. The quantitative estimate of drug-likeness (QED) is 0.934. The molecule has 1 aliphatic heterocycles. The van der Waals surface area contributed by atoms with E-state index in [2.05, 4.69) is 26.8 Å². The highest BCUT2D eigenvalue weighted by Gasteiger charge is 2.27. The van der Waals surface area contributed by atoms with Gasteiger partial charge in [-0.2, -0.15) is 0 Å². The second-order valence-corrected chi connectivity index (χ2v) is 7.17. The number of nitrogens with zero attached hydrogens (tertiary/aromatic N) is 1. The van der Waals surface area contributed by atoms with Crippen LogP contribution in [0, 0.1) is 0 Å². The molecule has 1 aromatic carbocycles. The Labute approximate surface area is 133 Å². The first-order chi connectivity index (χ1) is 10.3. The van der Waals surface area contributed by atoms with E-state index in [9.17, 15) is 4.79 Å². The normalized spacial score (nSPS) is 18.1. The van der Waals surface area contributed by atoms with E-state index in [0.29, 0.717) is 0 Å². The highest BCUT2D eigenvalue weighted by atomic mass is 16.5. The molecule has 1 aromatic rings. The van der Waals surface area contributed by atoms with Crippen LogP contribution >= 0.6 is 0 Å². The fourth-order valence-electron chi connectivity index (χ4n) is 2.81. The minimum absolute atomic E-state index is 0.0166. The molecule has 0 aromatic heterocycles. The van der Waals surface area contributed by atoms with Crippen molar-refractivity contribution in [3.8, 4) is 5.75 Å². The van der Waals surface area contributed by atoms with Gasteiger partial charge < -0.3 is 15.4 Å². The summed E-state index contributed by atoms with van der Waals surface area (Å²) in [5.74, 6) is 0.847. The van der Waals surface area contributed by atoms with Gasteiger partial charge in [0.05, 0.1) is 0 Å². The number of hydrogen-bond donors (Lipinski definition) is 1. The Morgan fingerprint density at radius 1 is 1.27 bits per heavy atom. The van der Waals surface area contributed by atoms with Crippen LogP contribution in [0.3, 0.4) is 0 Å². The Hall–Kier alpha value is -1.55. The van der Waals surface area contributed by atoms with Crippen molar-refractivity contribution in [2.75, 3.05) is 13.1 Å². The van der Waals surface area contributed by atoms with Crippen molar-refractivity contribution in [3.05, 3.63) is 29.8 Å². The van der Waals surface area contributed by atoms with Crippen LogP contribution < -0.4 is 10.5 Å². The molecule has 0 aliphatic carbocycles. The minimum atomic E-state index is -0.474. The lowest BCUT2D eigenvalue weighted by Gasteiger charge is -2.32. The molecule has 1 unspecified atom stereocenters. The molecule has 0 radical (unpaired) electrons. The summed E-state index contributed by atoms with van der Waals surface area (Å²) in [6.45, 7) is 9.73. The fraction of sp³-hybridized carbons (Fsp3) is 0.611. The smallest absolute Gasteiger partial charge is 0.263 e. The lowest BCUT2D eigenvalue weighted by Crippen LogP contribution is -2.47. The molecule has 4 heteroatoms. The predicted octanol–water partition coefficient (Wildman–Crippen LogP) is 2.70. The van der Waals surface area contributed by atoms with Gasteiger partial charge in [-0.25, -0.2) is 0 Å². The van der Waals surface area contributed by atoms with Crippen LogP contribution in [-0.2, 0) is 10.2 Å². The van der Waals surface area contributed by atoms with Crippen molar-refractivity contribution in [2.45, 2.75) is 58.1 Å². The number of piperidine rings is 1. The maximum absolute atomic E-state index is 12.5. The molecule has 0 saturated carbocycles. The molecule has 22 heavy (non-hydrogen) atoms. The number of likely N-dealkylation sites (tertiary alicyclic amines) is 1. The second-order valence-electron chi connectivity index (χ2n) is 7.17. The maximum Gasteiger partial charge on any atom is 0.263 e. The number of carbonyl (C=O) groups is 1. The number of ether oxygens (including phenoxy) is 1. The van der Waals surface area contributed by atoms with Crippen LogP contribution in [0.4, 0.5) is 0 Å². The summed E-state index contributed by atoms with van der Waals surface area (Å²) in [6.07, 6.45) is 1.27. The van der Waals surface area contributed by atoms with Gasteiger partial charge in [0.2, 0.25) is 0 Å². The minimum Gasteiger partial charge on any atom is -0.481 e. The van der Waals surface area contributed by atoms with Gasteiger partial charge in [-0.05, 0) is 36.8 Å². The van der Waals surface area contributed by atoms with Crippen LogP contribution in [0.25, 0.3) is 0 Å². The zero-order chi connectivity index (χ0) is 16.3. The first-order valence-electron chi connectivity index (χ1n) is 8.09. The first kappa shape index (κ1) is 16.8. The van der Waals surface area contributed by atoms with Gasteiger partial charge in [0.25, 0.3) is 5.91 Å². The van der Waals surface area contributed by atoms with Crippen molar-refractivity contribution in [1.29, 1.82) is 0 Å². The standard InChI is InChI=1S/C18H28N2O2/c1-13(17(21)20-11-9-14(19)10-12-20)22-16-8-6-5-7-15(16)18(2,3)4/h5-8,13-14H,9-12,19H2,1-4H3. The van der Waals surface area contributed by atoms with Gasteiger partial charge >= 0.3 is 0 Å². The molecule has 4 nitrogen and oxygen atoms in total. The van der Waals surface area contributed by atoms with Gasteiger partial charge in [-0.3, -0.25) is 4.79 Å². The number of benzene rings is 1.